The van der Waals surface area contributed by atoms with Gasteiger partial charge in [-0.15, -0.1) is 0 Å². The number of aromatic hydroxyl groups is 1. The summed E-state index contributed by atoms with van der Waals surface area (Å²) in [5.41, 5.74) is 0.793. The van der Waals surface area contributed by atoms with Crippen LogP contribution >= 0.6 is 27.5 Å². The SMILES string of the molecule is Oc1cncc(CBr)c1Cl. The first kappa shape index (κ1) is 7.82. The highest BCUT2D eigenvalue weighted by atomic mass is 79.9. The van der Waals surface area contributed by atoms with Crippen molar-refractivity contribution in [1.29, 1.82) is 0 Å². The average molecular weight is 222 g/mol. The van der Waals surface area contributed by atoms with Crippen LogP contribution in [0.5, 0.6) is 5.75 Å². The van der Waals surface area contributed by atoms with Crippen LogP contribution in [0.15, 0.2) is 12.4 Å². The van der Waals surface area contributed by atoms with Gasteiger partial charge >= 0.3 is 0 Å². The van der Waals surface area contributed by atoms with Crippen molar-refractivity contribution < 1.29 is 5.11 Å². The number of hydrogen-bond donors (Lipinski definition) is 1. The van der Waals surface area contributed by atoms with Gasteiger partial charge in [-0.2, -0.15) is 0 Å². The zero-order valence-electron chi connectivity index (χ0n) is 5.01. The molecular weight excluding hydrogens is 217 g/mol. The molecule has 0 bridgehead atoms. The van der Waals surface area contributed by atoms with Crippen LogP contribution in [0.2, 0.25) is 5.02 Å². The standard InChI is InChI=1S/C6H5BrClNO/c7-1-4-2-9-3-5(10)6(4)8/h2-3,10H,1H2. The molecule has 0 aliphatic carbocycles. The van der Waals surface area contributed by atoms with E-state index in [1.54, 1.807) is 6.20 Å². The van der Waals surface area contributed by atoms with Gasteiger partial charge in [-0.25, -0.2) is 0 Å². The zero-order chi connectivity index (χ0) is 7.56. The van der Waals surface area contributed by atoms with Crippen molar-refractivity contribution in [3.05, 3.63) is 23.0 Å². The first-order chi connectivity index (χ1) is 4.75. The maximum atomic E-state index is 9.02. The molecule has 0 saturated carbocycles. The largest absolute Gasteiger partial charge is 0.505 e. The van der Waals surface area contributed by atoms with Gasteiger partial charge in [0.1, 0.15) is 0 Å². The van der Waals surface area contributed by atoms with Gasteiger partial charge < -0.3 is 5.11 Å². The number of pyridine rings is 1. The summed E-state index contributed by atoms with van der Waals surface area (Å²) < 4.78 is 0. The molecular formula is C6H5BrClNO. The van der Waals surface area contributed by atoms with Crippen molar-refractivity contribution in [2.45, 2.75) is 5.33 Å². The van der Waals surface area contributed by atoms with Crippen LogP contribution in [-0.4, -0.2) is 10.1 Å². The normalized spacial score (nSPS) is 9.80. The third-order valence-corrected chi connectivity index (χ3v) is 2.12. The molecule has 0 unspecified atom stereocenters. The molecule has 1 rings (SSSR count). The first-order valence-corrected chi connectivity index (χ1v) is 4.13. The van der Waals surface area contributed by atoms with Gasteiger partial charge in [0.05, 0.1) is 11.2 Å². The summed E-state index contributed by atoms with van der Waals surface area (Å²) in [7, 11) is 0. The fraction of sp³-hybridized carbons (Fsp3) is 0.167. The topological polar surface area (TPSA) is 33.1 Å². The van der Waals surface area contributed by atoms with Gasteiger partial charge in [-0.1, -0.05) is 27.5 Å². The lowest BCUT2D eigenvalue weighted by atomic mass is 10.3. The van der Waals surface area contributed by atoms with Crippen LogP contribution in [0.4, 0.5) is 0 Å². The molecule has 2 nitrogen and oxygen atoms in total. The predicted molar refractivity (Wildman–Crippen MR) is 43.5 cm³/mol. The molecule has 0 atom stereocenters. The zero-order valence-corrected chi connectivity index (χ0v) is 7.35. The smallest absolute Gasteiger partial charge is 0.152 e. The van der Waals surface area contributed by atoms with Crippen LogP contribution < -0.4 is 0 Å². The Morgan fingerprint density at radius 3 is 2.80 bits per heavy atom. The molecule has 1 aromatic rings. The molecule has 0 amide bonds. The second kappa shape index (κ2) is 3.21. The molecule has 10 heavy (non-hydrogen) atoms. The van der Waals surface area contributed by atoms with Crippen LogP contribution in [-0.2, 0) is 5.33 Å². The third kappa shape index (κ3) is 1.41. The number of nitrogens with zero attached hydrogens (tertiary/aromatic N) is 1. The van der Waals surface area contributed by atoms with Crippen molar-refractivity contribution in [2.75, 3.05) is 0 Å². The molecule has 0 fully saturated rings. The highest BCUT2D eigenvalue weighted by molar-refractivity contribution is 9.08. The number of rotatable bonds is 1. The molecule has 1 heterocycles. The molecule has 1 aromatic heterocycles. The summed E-state index contributed by atoms with van der Waals surface area (Å²) in [5.74, 6) is 0.0265. The van der Waals surface area contributed by atoms with Crippen molar-refractivity contribution >= 4 is 27.5 Å². The number of hydrogen-bond acceptors (Lipinski definition) is 2. The lowest BCUT2D eigenvalue weighted by Gasteiger charge is -1.99. The minimum absolute atomic E-state index is 0.0265. The van der Waals surface area contributed by atoms with Crippen LogP contribution in [0.1, 0.15) is 5.56 Å². The van der Waals surface area contributed by atoms with Gasteiger partial charge in [0.15, 0.2) is 5.75 Å². The van der Waals surface area contributed by atoms with E-state index in [9.17, 15) is 0 Å². The Hall–Kier alpha value is -0.280. The fourth-order valence-electron chi connectivity index (χ4n) is 0.569. The Bertz CT molecular complexity index is 241. The van der Waals surface area contributed by atoms with E-state index < -0.39 is 0 Å². The monoisotopic (exact) mass is 221 g/mol. The Morgan fingerprint density at radius 1 is 1.60 bits per heavy atom. The third-order valence-electron chi connectivity index (χ3n) is 1.08. The summed E-state index contributed by atoms with van der Waals surface area (Å²) >= 11 is 8.88. The molecule has 1 N–H and O–H groups in total. The van der Waals surface area contributed by atoms with Gasteiger partial charge in [-0.05, 0) is 0 Å². The second-order valence-electron chi connectivity index (χ2n) is 1.77. The molecule has 0 aromatic carbocycles. The van der Waals surface area contributed by atoms with E-state index in [4.69, 9.17) is 16.7 Å². The van der Waals surface area contributed by atoms with Crippen LogP contribution in [0, 0.1) is 0 Å². The summed E-state index contributed by atoms with van der Waals surface area (Å²) in [4.78, 5) is 3.75. The molecule has 4 heteroatoms. The lowest BCUT2D eigenvalue weighted by Crippen LogP contribution is -1.81. The minimum atomic E-state index is 0.0265. The summed E-state index contributed by atoms with van der Waals surface area (Å²) in [6.07, 6.45) is 2.92. The van der Waals surface area contributed by atoms with E-state index in [0.29, 0.717) is 10.4 Å². The van der Waals surface area contributed by atoms with Gasteiger partial charge in [0.25, 0.3) is 0 Å². The maximum absolute atomic E-state index is 9.02. The van der Waals surface area contributed by atoms with Gasteiger partial charge in [-0.3, -0.25) is 4.98 Å². The second-order valence-corrected chi connectivity index (χ2v) is 2.70. The minimum Gasteiger partial charge on any atom is -0.505 e. The predicted octanol–water partition coefficient (Wildman–Crippen LogP) is 2.34. The molecule has 0 radical (unpaired) electrons. The molecule has 54 valence electrons. The fourth-order valence-corrected chi connectivity index (χ4v) is 1.32. The van der Waals surface area contributed by atoms with Crippen LogP contribution in [0.3, 0.4) is 0 Å². The Morgan fingerprint density at radius 2 is 2.30 bits per heavy atom. The van der Waals surface area contributed by atoms with Gasteiger partial charge in [0.2, 0.25) is 0 Å². The van der Waals surface area contributed by atoms with E-state index in [1.165, 1.54) is 6.20 Å². The number of aromatic nitrogens is 1. The summed E-state index contributed by atoms with van der Waals surface area (Å²) in [6, 6.07) is 0. The summed E-state index contributed by atoms with van der Waals surface area (Å²) in [5, 5.41) is 9.99. The van der Waals surface area contributed by atoms with E-state index in [1.807, 2.05) is 0 Å². The highest BCUT2D eigenvalue weighted by Crippen LogP contribution is 2.26. The Kier molecular flexibility index (Phi) is 2.51. The molecule has 0 aliphatic heterocycles. The van der Waals surface area contributed by atoms with E-state index in [-0.39, 0.29) is 5.75 Å². The molecule has 0 saturated heterocycles. The van der Waals surface area contributed by atoms with Gasteiger partial charge in [0, 0.05) is 17.1 Å². The number of alkyl halides is 1. The quantitative estimate of drug-likeness (QED) is 0.740. The summed E-state index contributed by atoms with van der Waals surface area (Å²) in [6.45, 7) is 0. The van der Waals surface area contributed by atoms with E-state index in [0.717, 1.165) is 5.56 Å². The number of halogens is 2. The first-order valence-electron chi connectivity index (χ1n) is 2.63. The van der Waals surface area contributed by atoms with Crippen LogP contribution in [0.25, 0.3) is 0 Å². The van der Waals surface area contributed by atoms with E-state index >= 15 is 0 Å². The van der Waals surface area contributed by atoms with Crippen molar-refractivity contribution in [3.8, 4) is 5.75 Å². The van der Waals surface area contributed by atoms with Crippen molar-refractivity contribution in [2.24, 2.45) is 0 Å². The van der Waals surface area contributed by atoms with Crippen molar-refractivity contribution in [1.82, 2.24) is 4.98 Å². The molecule has 0 spiro atoms. The lowest BCUT2D eigenvalue weighted by molar-refractivity contribution is 0.472. The van der Waals surface area contributed by atoms with Crippen molar-refractivity contribution in [3.63, 3.8) is 0 Å². The van der Waals surface area contributed by atoms with E-state index in [2.05, 4.69) is 20.9 Å². The average Bonchev–Trinajstić information content (AvgIpc) is 1.95. The Balaban J connectivity index is 3.14. The Labute approximate surface area is 72.0 Å². The molecule has 0 aliphatic rings. The maximum Gasteiger partial charge on any atom is 0.152 e. The highest BCUT2D eigenvalue weighted by Gasteiger charge is 2.02.